The molecule has 1 aliphatic rings. The molecule has 0 spiro atoms. The van der Waals surface area contributed by atoms with Gasteiger partial charge in [-0.15, -0.1) is 0 Å². The molecule has 0 heterocycles. The van der Waals surface area contributed by atoms with Crippen LogP contribution in [0.15, 0.2) is 77.7 Å². The van der Waals surface area contributed by atoms with Gasteiger partial charge in [0, 0.05) is 22.6 Å². The molecule has 0 aromatic heterocycles. The van der Waals surface area contributed by atoms with Crippen molar-refractivity contribution in [3.05, 3.63) is 94.2 Å². The minimum absolute atomic E-state index is 0.0200. The van der Waals surface area contributed by atoms with E-state index < -0.39 is 34.3 Å². The van der Waals surface area contributed by atoms with Crippen LogP contribution in [0.25, 0.3) is 0 Å². The highest BCUT2D eigenvalue weighted by Crippen LogP contribution is 2.30. The average Bonchev–Trinajstić information content (AvgIpc) is 2.97. The van der Waals surface area contributed by atoms with Gasteiger partial charge in [0.15, 0.2) is 0 Å². The van der Waals surface area contributed by atoms with Crippen LogP contribution < -0.4 is 9.62 Å². The first-order valence-electron chi connectivity index (χ1n) is 14.0. The monoisotopic (exact) mass is 633 g/mol. The molecule has 0 aliphatic heterocycles. The number of anilines is 1. The van der Waals surface area contributed by atoms with E-state index >= 15 is 0 Å². The van der Waals surface area contributed by atoms with Crippen LogP contribution in [0.5, 0.6) is 0 Å². The lowest BCUT2D eigenvalue weighted by atomic mass is 9.95. The Morgan fingerprint density at radius 2 is 1.57 bits per heavy atom. The summed E-state index contributed by atoms with van der Waals surface area (Å²) in [5.41, 5.74) is 0.697. The second-order valence-electron chi connectivity index (χ2n) is 10.4. The van der Waals surface area contributed by atoms with Gasteiger partial charge >= 0.3 is 0 Å². The van der Waals surface area contributed by atoms with Gasteiger partial charge in [-0.05, 0) is 67.3 Å². The maximum atomic E-state index is 14.1. The summed E-state index contributed by atoms with van der Waals surface area (Å²) < 4.78 is 42.4. The number of rotatable bonds is 11. The lowest BCUT2D eigenvalue weighted by Gasteiger charge is -2.34. The molecule has 2 amide bonds. The van der Waals surface area contributed by atoms with E-state index in [0.29, 0.717) is 12.0 Å². The van der Waals surface area contributed by atoms with E-state index in [1.165, 1.54) is 59.5 Å². The Balaban J connectivity index is 1.71. The van der Waals surface area contributed by atoms with Gasteiger partial charge < -0.3 is 10.2 Å². The number of sulfonamides is 1. The molecule has 11 heteroatoms. The predicted octanol–water partition coefficient (Wildman–Crippen LogP) is 6.58. The number of hydrogen-bond donors (Lipinski definition) is 1. The van der Waals surface area contributed by atoms with Gasteiger partial charge in [0.1, 0.15) is 18.4 Å². The number of nitrogens with one attached hydrogen (secondary N) is 1. The molecule has 3 aromatic carbocycles. The van der Waals surface area contributed by atoms with Gasteiger partial charge in [-0.3, -0.25) is 13.9 Å². The molecule has 42 heavy (non-hydrogen) atoms. The van der Waals surface area contributed by atoms with E-state index in [1.54, 1.807) is 25.1 Å². The summed E-state index contributed by atoms with van der Waals surface area (Å²) in [7, 11) is -4.25. The first kappa shape index (κ1) is 31.8. The lowest BCUT2D eigenvalue weighted by molar-refractivity contribution is -0.140. The van der Waals surface area contributed by atoms with Crippen molar-refractivity contribution < 1.29 is 22.4 Å². The van der Waals surface area contributed by atoms with Gasteiger partial charge in [0.25, 0.3) is 10.0 Å². The zero-order valence-corrected chi connectivity index (χ0v) is 25.6. The topological polar surface area (TPSA) is 86.8 Å². The van der Waals surface area contributed by atoms with Gasteiger partial charge in [0.05, 0.1) is 10.6 Å². The fourth-order valence-electron chi connectivity index (χ4n) is 5.18. The zero-order valence-electron chi connectivity index (χ0n) is 23.3. The van der Waals surface area contributed by atoms with Crippen LogP contribution in [0.4, 0.5) is 10.1 Å². The van der Waals surface area contributed by atoms with Gasteiger partial charge in [-0.25, -0.2) is 12.8 Å². The molecule has 1 N–H and O–H groups in total. The molecule has 7 nitrogen and oxygen atoms in total. The Labute approximate surface area is 256 Å². The van der Waals surface area contributed by atoms with Crippen molar-refractivity contribution in [2.24, 2.45) is 0 Å². The van der Waals surface area contributed by atoms with Crippen molar-refractivity contribution in [1.82, 2.24) is 10.2 Å². The van der Waals surface area contributed by atoms with Crippen molar-refractivity contribution in [1.29, 1.82) is 0 Å². The summed E-state index contributed by atoms with van der Waals surface area (Å²) in [6.45, 7) is 1.15. The Kier molecular flexibility index (Phi) is 10.9. The molecule has 0 radical (unpaired) electrons. The van der Waals surface area contributed by atoms with Gasteiger partial charge in [-0.2, -0.15) is 0 Å². The number of hydrogen-bond acceptors (Lipinski definition) is 4. The Morgan fingerprint density at radius 1 is 0.952 bits per heavy atom. The summed E-state index contributed by atoms with van der Waals surface area (Å²) in [5.74, 6) is -1.35. The summed E-state index contributed by atoms with van der Waals surface area (Å²) >= 11 is 12.5. The molecular formula is C31H34Cl2FN3O4S. The third kappa shape index (κ3) is 8.02. The number of amides is 2. The molecule has 224 valence electrons. The molecule has 0 bridgehead atoms. The molecule has 1 unspecified atom stereocenters. The smallest absolute Gasteiger partial charge is 0.264 e. The Bertz CT molecular complexity index is 1460. The van der Waals surface area contributed by atoms with Crippen LogP contribution in [0.2, 0.25) is 10.0 Å². The molecule has 1 saturated carbocycles. The second kappa shape index (κ2) is 14.4. The average molecular weight is 635 g/mol. The van der Waals surface area contributed by atoms with Crippen LogP contribution in [-0.2, 0) is 26.2 Å². The molecular weight excluding hydrogens is 600 g/mol. The minimum atomic E-state index is -4.25. The fourth-order valence-corrected chi connectivity index (χ4v) is 7.12. The SMILES string of the molecule is CCC(C(=O)NC1CCCCC1)N(Cc1ccc(F)cc1)C(=O)CN(c1cc(Cl)cc(Cl)c1)S(=O)(=O)c1ccccc1. The summed E-state index contributed by atoms with van der Waals surface area (Å²) in [4.78, 5) is 29.0. The van der Waals surface area contributed by atoms with Crippen molar-refractivity contribution in [2.75, 3.05) is 10.8 Å². The number of carbonyl (C=O) groups excluding carboxylic acids is 2. The Morgan fingerprint density at radius 3 is 2.17 bits per heavy atom. The van der Waals surface area contributed by atoms with E-state index in [9.17, 15) is 22.4 Å². The highest BCUT2D eigenvalue weighted by molar-refractivity contribution is 7.92. The lowest BCUT2D eigenvalue weighted by Crippen LogP contribution is -2.54. The maximum absolute atomic E-state index is 14.1. The van der Waals surface area contributed by atoms with Crippen LogP contribution in [0.3, 0.4) is 0 Å². The summed E-state index contributed by atoms with van der Waals surface area (Å²) in [6.07, 6.45) is 5.19. The fraction of sp³-hybridized carbons (Fsp3) is 0.355. The van der Waals surface area contributed by atoms with E-state index in [1.807, 2.05) is 0 Å². The zero-order chi connectivity index (χ0) is 30.3. The molecule has 1 aliphatic carbocycles. The van der Waals surface area contributed by atoms with E-state index in [-0.39, 0.29) is 39.1 Å². The number of nitrogens with zero attached hydrogens (tertiary/aromatic N) is 2. The van der Waals surface area contributed by atoms with Crippen molar-refractivity contribution in [2.45, 2.75) is 69.0 Å². The van der Waals surface area contributed by atoms with Crippen LogP contribution >= 0.6 is 23.2 Å². The normalized spacial score (nSPS) is 14.7. The largest absolute Gasteiger partial charge is 0.352 e. The number of halogens is 3. The first-order valence-corrected chi connectivity index (χ1v) is 16.2. The molecule has 0 saturated heterocycles. The van der Waals surface area contributed by atoms with E-state index in [4.69, 9.17) is 23.2 Å². The van der Waals surface area contributed by atoms with Gasteiger partial charge in [-0.1, -0.05) is 79.7 Å². The van der Waals surface area contributed by atoms with Crippen LogP contribution in [-0.4, -0.2) is 43.8 Å². The summed E-state index contributed by atoms with van der Waals surface area (Å²) in [6, 6.07) is 16.8. The second-order valence-corrected chi connectivity index (χ2v) is 13.1. The van der Waals surface area contributed by atoms with E-state index in [2.05, 4.69) is 5.32 Å². The van der Waals surface area contributed by atoms with Crippen LogP contribution in [0, 0.1) is 5.82 Å². The third-order valence-corrected chi connectivity index (χ3v) is 9.57. The van der Waals surface area contributed by atoms with E-state index in [0.717, 1.165) is 36.4 Å². The summed E-state index contributed by atoms with van der Waals surface area (Å²) in [5, 5.41) is 3.48. The predicted molar refractivity (Wildman–Crippen MR) is 163 cm³/mol. The molecule has 4 rings (SSSR count). The quantitative estimate of drug-likeness (QED) is 0.258. The highest BCUT2D eigenvalue weighted by atomic mass is 35.5. The van der Waals surface area contributed by atoms with Crippen molar-refractivity contribution in [3.8, 4) is 0 Å². The standard InChI is InChI=1S/C31H34Cl2FN3O4S/c1-2-29(31(39)35-26-9-5-3-6-10-26)36(20-22-13-15-25(34)16-14-22)30(38)21-37(27-18-23(32)17-24(33)19-27)42(40,41)28-11-7-4-8-12-28/h4,7-8,11-19,26,29H,2-3,5-6,9-10,20-21H2,1H3,(H,35,39). The number of carbonyl (C=O) groups is 2. The minimum Gasteiger partial charge on any atom is -0.352 e. The third-order valence-electron chi connectivity index (χ3n) is 7.35. The maximum Gasteiger partial charge on any atom is 0.264 e. The number of benzene rings is 3. The molecule has 3 aromatic rings. The van der Waals surface area contributed by atoms with Crippen LogP contribution in [0.1, 0.15) is 51.0 Å². The Hall–Kier alpha value is -3.14. The first-order chi connectivity index (χ1) is 20.1. The van der Waals surface area contributed by atoms with Crippen molar-refractivity contribution >= 4 is 50.7 Å². The highest BCUT2D eigenvalue weighted by Gasteiger charge is 2.34. The van der Waals surface area contributed by atoms with Crippen molar-refractivity contribution in [3.63, 3.8) is 0 Å². The van der Waals surface area contributed by atoms with Gasteiger partial charge in [0.2, 0.25) is 11.8 Å². The molecule has 1 fully saturated rings. The molecule has 1 atom stereocenters.